The topological polar surface area (TPSA) is 105 Å². The van der Waals surface area contributed by atoms with E-state index < -0.39 is 10.8 Å². The number of nitrogens with one attached hydrogen (secondary N) is 1. The lowest BCUT2D eigenvalue weighted by atomic mass is 10.1. The summed E-state index contributed by atoms with van der Waals surface area (Å²) < 4.78 is 7.62. The van der Waals surface area contributed by atoms with Crippen LogP contribution in [0.15, 0.2) is 60.2 Å². The lowest BCUT2D eigenvalue weighted by Crippen LogP contribution is -2.14. The standard InChI is InChI=1S/C24H16ClI2N3O4/c1-14-2-4-15(5-3-14)13-34-23-19(26)9-16(10-20(23)27)8-17(12-28)24(31)29-21-7-6-18(25)11-22(21)30(32)33/h2-11H,13H2,1H3,(H,29,31)/b17-8+. The van der Waals surface area contributed by atoms with Crippen molar-refractivity contribution in [2.75, 3.05) is 5.32 Å². The van der Waals surface area contributed by atoms with Crippen LogP contribution in [0, 0.1) is 35.5 Å². The summed E-state index contributed by atoms with van der Waals surface area (Å²) in [7, 11) is 0. The second-order valence-corrected chi connectivity index (χ2v) is 9.89. The number of hydrogen-bond acceptors (Lipinski definition) is 5. The van der Waals surface area contributed by atoms with E-state index in [0.717, 1.165) is 18.8 Å². The molecule has 3 rings (SSSR count). The first-order chi connectivity index (χ1) is 16.2. The van der Waals surface area contributed by atoms with Crippen molar-refractivity contribution in [3.8, 4) is 11.8 Å². The van der Waals surface area contributed by atoms with Crippen molar-refractivity contribution in [3.05, 3.63) is 99.1 Å². The average Bonchev–Trinajstić information content (AvgIpc) is 2.79. The molecule has 0 unspecified atom stereocenters. The smallest absolute Gasteiger partial charge is 0.294 e. The van der Waals surface area contributed by atoms with Crippen molar-refractivity contribution in [2.45, 2.75) is 13.5 Å². The summed E-state index contributed by atoms with van der Waals surface area (Å²) in [6.45, 7) is 2.43. The molecule has 0 aliphatic heterocycles. The van der Waals surface area contributed by atoms with Gasteiger partial charge in [0.2, 0.25) is 0 Å². The first-order valence-corrected chi connectivity index (χ1v) is 12.3. The molecule has 0 saturated carbocycles. The van der Waals surface area contributed by atoms with Crippen molar-refractivity contribution in [1.82, 2.24) is 0 Å². The number of carbonyl (C=O) groups excluding carboxylic acids is 1. The Hall–Kier alpha value is -2.69. The third-order valence-electron chi connectivity index (χ3n) is 4.61. The first-order valence-electron chi connectivity index (χ1n) is 9.72. The molecule has 0 radical (unpaired) electrons. The number of nitriles is 1. The van der Waals surface area contributed by atoms with E-state index in [0.29, 0.717) is 17.9 Å². The molecule has 0 aliphatic carbocycles. The van der Waals surface area contributed by atoms with Crippen molar-refractivity contribution in [2.24, 2.45) is 0 Å². The number of rotatable bonds is 7. The maximum Gasteiger partial charge on any atom is 0.294 e. The zero-order valence-corrected chi connectivity index (χ0v) is 22.7. The Kier molecular flexibility index (Phi) is 8.87. The Labute approximate surface area is 228 Å². The number of benzene rings is 3. The van der Waals surface area contributed by atoms with Gasteiger partial charge in [-0.1, -0.05) is 41.4 Å². The molecular weight excluding hydrogens is 684 g/mol. The second-order valence-electron chi connectivity index (χ2n) is 7.13. The quantitative estimate of drug-likeness (QED) is 0.0951. The summed E-state index contributed by atoms with van der Waals surface area (Å²) in [6, 6.07) is 17.4. The van der Waals surface area contributed by atoms with Crippen molar-refractivity contribution < 1.29 is 14.5 Å². The SMILES string of the molecule is Cc1ccc(COc2c(I)cc(/C=C(\C#N)C(=O)Nc3ccc(Cl)cc3[N+](=O)[O-])cc2I)cc1. The number of hydrogen-bond donors (Lipinski definition) is 1. The lowest BCUT2D eigenvalue weighted by Gasteiger charge is -2.12. The number of amides is 1. The molecule has 3 aromatic rings. The largest absolute Gasteiger partial charge is 0.487 e. The van der Waals surface area contributed by atoms with E-state index in [2.05, 4.69) is 50.5 Å². The van der Waals surface area contributed by atoms with Gasteiger partial charge in [-0.2, -0.15) is 5.26 Å². The summed E-state index contributed by atoms with van der Waals surface area (Å²) in [4.78, 5) is 23.2. The first kappa shape index (κ1) is 25.9. The molecule has 10 heteroatoms. The second kappa shape index (κ2) is 11.6. The molecule has 7 nitrogen and oxygen atoms in total. The van der Waals surface area contributed by atoms with Crippen LogP contribution in [0.5, 0.6) is 5.75 Å². The highest BCUT2D eigenvalue weighted by Gasteiger charge is 2.19. The molecule has 0 aromatic heterocycles. The summed E-state index contributed by atoms with van der Waals surface area (Å²) in [5.74, 6) is -0.0590. The number of anilines is 1. The van der Waals surface area contributed by atoms with Gasteiger partial charge >= 0.3 is 0 Å². The zero-order valence-electron chi connectivity index (χ0n) is 17.6. The lowest BCUT2D eigenvalue weighted by molar-refractivity contribution is -0.383. The van der Waals surface area contributed by atoms with Crippen molar-refractivity contribution in [3.63, 3.8) is 0 Å². The molecule has 0 fully saturated rings. The van der Waals surface area contributed by atoms with Gasteiger partial charge in [0.05, 0.1) is 12.1 Å². The molecule has 0 heterocycles. The van der Waals surface area contributed by atoms with Crippen LogP contribution >= 0.6 is 56.8 Å². The van der Waals surface area contributed by atoms with Crippen molar-refractivity contribution in [1.29, 1.82) is 5.26 Å². The fourth-order valence-corrected chi connectivity index (χ4v) is 5.20. The highest BCUT2D eigenvalue weighted by atomic mass is 127. The van der Waals surface area contributed by atoms with Crippen LogP contribution in [0.4, 0.5) is 11.4 Å². The third kappa shape index (κ3) is 6.68. The Balaban J connectivity index is 1.80. The van der Waals surface area contributed by atoms with Crippen LogP contribution in [0.3, 0.4) is 0 Å². The molecule has 0 atom stereocenters. The molecule has 1 amide bonds. The number of ether oxygens (including phenoxy) is 1. The van der Waals surface area contributed by atoms with E-state index >= 15 is 0 Å². The molecule has 34 heavy (non-hydrogen) atoms. The van der Waals surface area contributed by atoms with Crippen LogP contribution < -0.4 is 10.1 Å². The summed E-state index contributed by atoms with van der Waals surface area (Å²) in [5, 5.41) is 23.3. The molecule has 0 spiro atoms. The fourth-order valence-electron chi connectivity index (χ4n) is 2.91. The number of nitro benzene ring substituents is 1. The van der Waals surface area contributed by atoms with Gasteiger partial charge in [-0.25, -0.2) is 0 Å². The van der Waals surface area contributed by atoms with Crippen LogP contribution in [-0.4, -0.2) is 10.8 Å². The van der Waals surface area contributed by atoms with Gasteiger partial charge in [-0.3, -0.25) is 14.9 Å². The van der Waals surface area contributed by atoms with Crippen LogP contribution in [0.1, 0.15) is 16.7 Å². The Bertz CT molecular complexity index is 1310. The maximum absolute atomic E-state index is 12.6. The van der Waals surface area contributed by atoms with Gasteiger partial charge < -0.3 is 10.1 Å². The normalized spacial score (nSPS) is 11.0. The minimum atomic E-state index is -0.766. The van der Waals surface area contributed by atoms with Crippen LogP contribution in [0.25, 0.3) is 6.08 Å². The van der Waals surface area contributed by atoms with Gasteiger partial charge in [0, 0.05) is 11.1 Å². The monoisotopic (exact) mass is 699 g/mol. The zero-order chi connectivity index (χ0) is 24.8. The fraction of sp³-hybridized carbons (Fsp3) is 0.0833. The predicted molar refractivity (Wildman–Crippen MR) is 148 cm³/mol. The minimum absolute atomic E-state index is 0.0513. The highest BCUT2D eigenvalue weighted by Crippen LogP contribution is 2.31. The van der Waals surface area contributed by atoms with Gasteiger partial charge in [0.1, 0.15) is 29.7 Å². The van der Waals surface area contributed by atoms with Crippen LogP contribution in [0.2, 0.25) is 5.02 Å². The summed E-state index contributed by atoms with van der Waals surface area (Å²) in [6.07, 6.45) is 1.42. The molecular formula is C24H16ClI2N3O4. The molecule has 1 N–H and O–H groups in total. The summed E-state index contributed by atoms with van der Waals surface area (Å²) in [5.41, 5.74) is 2.22. The number of nitro groups is 1. The van der Waals surface area contributed by atoms with E-state index in [1.165, 1.54) is 23.8 Å². The van der Waals surface area contributed by atoms with E-state index in [1.807, 2.05) is 37.3 Å². The van der Waals surface area contributed by atoms with Gasteiger partial charge in [0.15, 0.2) is 0 Å². The van der Waals surface area contributed by atoms with Crippen molar-refractivity contribution >= 4 is 80.1 Å². The molecule has 0 bridgehead atoms. The van der Waals surface area contributed by atoms with Gasteiger partial charge in [-0.05, 0) is 93.6 Å². The Morgan fingerprint density at radius 1 is 1.18 bits per heavy atom. The molecule has 172 valence electrons. The number of aryl methyl sites for hydroxylation is 1. The Morgan fingerprint density at radius 3 is 2.41 bits per heavy atom. The van der Waals surface area contributed by atoms with Crippen LogP contribution in [-0.2, 0) is 11.4 Å². The third-order valence-corrected chi connectivity index (χ3v) is 6.44. The predicted octanol–water partition coefficient (Wildman–Crippen LogP) is 6.89. The Morgan fingerprint density at radius 2 is 1.82 bits per heavy atom. The number of carbonyl (C=O) groups is 1. The average molecular weight is 700 g/mol. The number of halogens is 3. The van der Waals surface area contributed by atoms with E-state index in [9.17, 15) is 20.2 Å². The highest BCUT2D eigenvalue weighted by molar-refractivity contribution is 14.1. The molecule has 0 saturated heterocycles. The molecule has 0 aliphatic rings. The van der Waals surface area contributed by atoms with Gasteiger partial charge in [0.25, 0.3) is 11.6 Å². The van der Waals surface area contributed by atoms with E-state index in [-0.39, 0.29) is 22.0 Å². The number of nitrogens with zero attached hydrogens (tertiary/aromatic N) is 2. The minimum Gasteiger partial charge on any atom is -0.487 e. The van der Waals surface area contributed by atoms with E-state index in [1.54, 1.807) is 12.1 Å². The molecule has 3 aromatic carbocycles. The summed E-state index contributed by atoms with van der Waals surface area (Å²) >= 11 is 10.1. The van der Waals surface area contributed by atoms with E-state index in [4.69, 9.17) is 16.3 Å². The van der Waals surface area contributed by atoms with Gasteiger partial charge in [-0.15, -0.1) is 0 Å². The maximum atomic E-state index is 12.6.